The Morgan fingerprint density at radius 2 is 1.88 bits per heavy atom. The third-order valence-electron chi connectivity index (χ3n) is 5.68. The molecule has 0 spiro atoms. The number of hydrogen-bond donors (Lipinski definition) is 1. The summed E-state index contributed by atoms with van der Waals surface area (Å²) < 4.78 is 15.6. The second kappa shape index (κ2) is 8.26. The molecule has 8 heteroatoms. The van der Waals surface area contributed by atoms with E-state index in [4.69, 9.17) is 11.6 Å². The maximum atomic E-state index is 14.0. The molecule has 0 fully saturated rings. The van der Waals surface area contributed by atoms with Crippen molar-refractivity contribution in [1.29, 1.82) is 0 Å². The van der Waals surface area contributed by atoms with Gasteiger partial charge in [0.15, 0.2) is 5.83 Å². The predicted molar refractivity (Wildman–Crippen MR) is 126 cm³/mol. The lowest BCUT2D eigenvalue weighted by molar-refractivity contribution is 0.100. The fraction of sp³-hybridized carbons (Fsp3) is 0.120. The lowest BCUT2D eigenvalue weighted by atomic mass is 10.00. The van der Waals surface area contributed by atoms with Crippen LogP contribution in [-0.2, 0) is 6.42 Å². The number of benzene rings is 2. The number of nitrogens with zero attached hydrogens (tertiary/aromatic N) is 3. The van der Waals surface area contributed by atoms with Crippen molar-refractivity contribution in [2.45, 2.75) is 19.4 Å². The van der Waals surface area contributed by atoms with Gasteiger partial charge in [0, 0.05) is 17.8 Å². The molecule has 5 rings (SSSR count). The highest BCUT2D eigenvalue weighted by molar-refractivity contribution is 6.35. The Morgan fingerprint density at radius 3 is 2.67 bits per heavy atom. The molecule has 164 valence electrons. The molecule has 1 aliphatic rings. The molecule has 0 saturated carbocycles. The van der Waals surface area contributed by atoms with Gasteiger partial charge in [-0.25, -0.2) is 14.4 Å². The first-order chi connectivity index (χ1) is 16.0. The standard InChI is InChI=1S/C25H18ClFN4O2/c1-14(30-24-22-19(28-13-29-24)11-10-18(27)23(22)32)20-12-15-6-5-9-17(26)21(15)25(33)31(20)16-7-3-2-4-8-16/h2-10,12-14H,11H2,1H3,(H,28,29,30)/t14-/m0/s1. The van der Waals surface area contributed by atoms with Gasteiger partial charge in [0.25, 0.3) is 5.56 Å². The number of anilines is 1. The Morgan fingerprint density at radius 1 is 1.09 bits per heavy atom. The van der Waals surface area contributed by atoms with Crippen LogP contribution in [0.2, 0.25) is 5.02 Å². The van der Waals surface area contributed by atoms with E-state index in [9.17, 15) is 14.0 Å². The van der Waals surface area contributed by atoms with Gasteiger partial charge in [0.05, 0.1) is 27.7 Å². The van der Waals surface area contributed by atoms with Crippen molar-refractivity contribution in [3.63, 3.8) is 0 Å². The molecule has 0 unspecified atom stereocenters. The molecule has 4 aromatic rings. The van der Waals surface area contributed by atoms with E-state index < -0.39 is 17.7 Å². The monoisotopic (exact) mass is 460 g/mol. The summed E-state index contributed by atoms with van der Waals surface area (Å²) >= 11 is 6.37. The quantitative estimate of drug-likeness (QED) is 0.453. The molecule has 1 atom stereocenters. The highest BCUT2D eigenvalue weighted by atomic mass is 35.5. The number of aromatic nitrogens is 3. The Balaban J connectivity index is 1.67. The molecule has 2 aromatic heterocycles. The van der Waals surface area contributed by atoms with E-state index >= 15 is 0 Å². The summed E-state index contributed by atoms with van der Waals surface area (Å²) in [6, 6.07) is 15.9. The number of halogens is 2. The predicted octanol–water partition coefficient (Wildman–Crippen LogP) is 5.20. The summed E-state index contributed by atoms with van der Waals surface area (Å²) in [5, 5.41) is 4.67. The van der Waals surface area contributed by atoms with E-state index in [1.165, 1.54) is 12.4 Å². The van der Waals surface area contributed by atoms with Crippen LogP contribution in [-0.4, -0.2) is 20.3 Å². The molecule has 33 heavy (non-hydrogen) atoms. The van der Waals surface area contributed by atoms with Gasteiger partial charge in [-0.3, -0.25) is 14.2 Å². The first-order valence-corrected chi connectivity index (χ1v) is 10.7. The molecule has 1 aliphatic carbocycles. The number of ketones is 1. The SMILES string of the molecule is C[C@H](Nc1ncnc2c1C(=O)C(F)=CC2)c1cc2cccc(Cl)c2c(=O)n1-c1ccccc1. The Bertz CT molecular complexity index is 1500. The number of hydrogen-bond acceptors (Lipinski definition) is 5. The lowest BCUT2D eigenvalue weighted by Crippen LogP contribution is -2.26. The zero-order valence-electron chi connectivity index (χ0n) is 17.5. The van der Waals surface area contributed by atoms with Gasteiger partial charge in [0.1, 0.15) is 12.1 Å². The molecule has 2 aromatic carbocycles. The van der Waals surface area contributed by atoms with Gasteiger partial charge >= 0.3 is 0 Å². The Hall–Kier alpha value is -3.84. The molecular weight excluding hydrogens is 443 g/mol. The summed E-state index contributed by atoms with van der Waals surface area (Å²) in [6.07, 6.45) is 2.76. The van der Waals surface area contributed by atoms with Crippen LogP contribution in [0.15, 0.2) is 77.6 Å². The van der Waals surface area contributed by atoms with E-state index in [2.05, 4.69) is 15.3 Å². The van der Waals surface area contributed by atoms with Gasteiger partial charge < -0.3 is 5.32 Å². The number of fused-ring (bicyclic) bond motifs is 2. The lowest BCUT2D eigenvalue weighted by Gasteiger charge is -2.23. The van der Waals surface area contributed by atoms with Gasteiger partial charge in [-0.15, -0.1) is 0 Å². The van der Waals surface area contributed by atoms with Gasteiger partial charge in [-0.1, -0.05) is 41.9 Å². The molecule has 6 nitrogen and oxygen atoms in total. The normalized spacial score (nSPS) is 14.0. The van der Waals surface area contributed by atoms with Crippen molar-refractivity contribution in [3.05, 3.63) is 105 Å². The van der Waals surface area contributed by atoms with Gasteiger partial charge in [-0.2, -0.15) is 0 Å². The summed E-state index contributed by atoms with van der Waals surface area (Å²) in [4.78, 5) is 34.4. The summed E-state index contributed by atoms with van der Waals surface area (Å²) in [5.41, 5.74) is 1.61. The van der Waals surface area contributed by atoms with Crippen LogP contribution in [0.5, 0.6) is 0 Å². The average molecular weight is 461 g/mol. The summed E-state index contributed by atoms with van der Waals surface area (Å²) in [5.74, 6) is -1.36. The number of carbonyl (C=O) groups excluding carboxylic acids is 1. The third-order valence-corrected chi connectivity index (χ3v) is 6.00. The van der Waals surface area contributed by atoms with Crippen LogP contribution in [0.1, 0.15) is 34.7 Å². The summed E-state index contributed by atoms with van der Waals surface area (Å²) in [6.45, 7) is 1.85. The molecule has 0 aliphatic heterocycles. The van der Waals surface area contributed by atoms with Gasteiger partial charge in [0.2, 0.25) is 5.78 Å². The minimum atomic E-state index is -0.824. The fourth-order valence-electron chi connectivity index (χ4n) is 4.10. The van der Waals surface area contributed by atoms with Crippen molar-refractivity contribution in [2.24, 2.45) is 0 Å². The number of rotatable bonds is 4. The van der Waals surface area contributed by atoms with Crippen molar-refractivity contribution in [3.8, 4) is 5.69 Å². The first-order valence-electron chi connectivity index (χ1n) is 10.4. The molecule has 0 bridgehead atoms. The second-order valence-corrected chi connectivity index (χ2v) is 8.15. The van der Waals surface area contributed by atoms with E-state index in [0.717, 1.165) is 0 Å². The van der Waals surface area contributed by atoms with E-state index in [0.29, 0.717) is 32.9 Å². The Kier molecular flexibility index (Phi) is 5.26. The van der Waals surface area contributed by atoms with Crippen LogP contribution in [0.4, 0.5) is 10.2 Å². The largest absolute Gasteiger partial charge is 0.361 e. The maximum absolute atomic E-state index is 14.0. The molecule has 0 amide bonds. The average Bonchev–Trinajstić information content (AvgIpc) is 2.82. The van der Waals surface area contributed by atoms with Crippen LogP contribution in [0.25, 0.3) is 16.5 Å². The number of allylic oxidation sites excluding steroid dienone is 2. The van der Waals surface area contributed by atoms with Crippen molar-refractivity contribution in [2.75, 3.05) is 5.32 Å². The van der Waals surface area contributed by atoms with Crippen LogP contribution < -0.4 is 10.9 Å². The molecule has 0 radical (unpaired) electrons. The van der Waals surface area contributed by atoms with Crippen molar-refractivity contribution < 1.29 is 9.18 Å². The maximum Gasteiger partial charge on any atom is 0.264 e. The minimum absolute atomic E-state index is 0.113. The zero-order chi connectivity index (χ0) is 23.1. The van der Waals surface area contributed by atoms with E-state index in [-0.39, 0.29) is 23.4 Å². The van der Waals surface area contributed by atoms with E-state index in [1.54, 1.807) is 16.7 Å². The van der Waals surface area contributed by atoms with Crippen LogP contribution in [0.3, 0.4) is 0 Å². The van der Waals surface area contributed by atoms with E-state index in [1.807, 2.05) is 49.4 Å². The highest BCUT2D eigenvalue weighted by Crippen LogP contribution is 2.30. The summed E-state index contributed by atoms with van der Waals surface area (Å²) in [7, 11) is 0. The van der Waals surface area contributed by atoms with Crippen molar-refractivity contribution in [1.82, 2.24) is 14.5 Å². The Labute approximate surface area is 193 Å². The zero-order valence-corrected chi connectivity index (χ0v) is 18.3. The molecular formula is C25H18ClFN4O2. The number of pyridine rings is 1. The highest BCUT2D eigenvalue weighted by Gasteiger charge is 2.27. The first kappa shape index (κ1) is 21.0. The third kappa shape index (κ3) is 3.60. The number of nitrogens with one attached hydrogen (secondary N) is 1. The fourth-order valence-corrected chi connectivity index (χ4v) is 4.37. The smallest absolute Gasteiger partial charge is 0.264 e. The minimum Gasteiger partial charge on any atom is -0.361 e. The number of carbonyl (C=O) groups is 1. The number of para-hydroxylation sites is 1. The number of Topliss-reactive ketones (excluding diaryl/α,β-unsaturated/α-hetero) is 1. The molecule has 2 heterocycles. The van der Waals surface area contributed by atoms with Crippen LogP contribution >= 0.6 is 11.6 Å². The van der Waals surface area contributed by atoms with Crippen molar-refractivity contribution >= 4 is 34.0 Å². The second-order valence-electron chi connectivity index (χ2n) is 7.74. The van der Waals surface area contributed by atoms with Crippen LogP contribution in [0, 0.1) is 0 Å². The topological polar surface area (TPSA) is 76.9 Å². The van der Waals surface area contributed by atoms with Gasteiger partial charge in [-0.05, 0) is 42.7 Å². The molecule has 1 N–H and O–H groups in total. The molecule has 0 saturated heterocycles.